The van der Waals surface area contributed by atoms with E-state index in [0.29, 0.717) is 5.41 Å². The van der Waals surface area contributed by atoms with E-state index in [1.54, 1.807) is 11.8 Å². The summed E-state index contributed by atoms with van der Waals surface area (Å²) in [5.41, 5.74) is 0.599. The minimum absolute atomic E-state index is 0.599. The Bertz CT molecular complexity index is 469. The van der Waals surface area contributed by atoms with E-state index in [4.69, 9.17) is 0 Å². The Kier molecular flexibility index (Phi) is 4.06. The van der Waals surface area contributed by atoms with Crippen LogP contribution in [0.15, 0.2) is 11.2 Å². The highest BCUT2D eigenvalue weighted by Gasteiger charge is 2.53. The van der Waals surface area contributed by atoms with Crippen LogP contribution >= 0.6 is 11.8 Å². The number of aromatic nitrogens is 2. The number of nitrogens with zero attached hydrogens (tertiary/aromatic N) is 2. The molecule has 0 radical (unpaired) electrons. The van der Waals surface area contributed by atoms with Gasteiger partial charge in [-0.15, -0.1) is 0 Å². The van der Waals surface area contributed by atoms with Crippen LogP contribution in [-0.4, -0.2) is 29.3 Å². The predicted octanol–water partition coefficient (Wildman–Crippen LogP) is 3.62. The predicted molar refractivity (Wildman–Crippen MR) is 85.5 cm³/mol. The van der Waals surface area contributed by atoms with E-state index >= 15 is 0 Å². The molecule has 0 atom stereocenters. The van der Waals surface area contributed by atoms with Gasteiger partial charge in [0.2, 0.25) is 0 Å². The van der Waals surface area contributed by atoms with Gasteiger partial charge in [0.25, 0.3) is 0 Å². The molecule has 0 bridgehead atoms. The van der Waals surface area contributed by atoms with Gasteiger partial charge in [-0.25, -0.2) is 9.97 Å². The molecule has 0 unspecified atom stereocenters. The van der Waals surface area contributed by atoms with Crippen LogP contribution in [-0.2, 0) is 0 Å². The first kappa shape index (κ1) is 14.0. The highest BCUT2D eigenvalue weighted by molar-refractivity contribution is 7.98. The molecule has 4 nitrogen and oxygen atoms in total. The van der Waals surface area contributed by atoms with E-state index in [9.17, 15) is 0 Å². The third-order valence-electron chi connectivity index (χ3n) is 4.40. The standard InChI is InChI=1S/C15H24N4S/c1-3-8-16-12-9-13(19-14(18-12)20-2)17-10-15(6-7-15)11-4-5-11/h9,11H,3-8,10H2,1-2H3,(H2,16,17,18,19). The van der Waals surface area contributed by atoms with Crippen LogP contribution in [0, 0.1) is 11.3 Å². The summed E-state index contributed by atoms with van der Waals surface area (Å²) < 4.78 is 0. The smallest absolute Gasteiger partial charge is 0.191 e. The fourth-order valence-electron chi connectivity index (χ4n) is 2.80. The van der Waals surface area contributed by atoms with Crippen molar-refractivity contribution in [1.29, 1.82) is 0 Å². The first-order valence-corrected chi connectivity index (χ1v) is 8.89. The molecule has 0 saturated heterocycles. The van der Waals surface area contributed by atoms with Crippen molar-refractivity contribution in [3.8, 4) is 0 Å². The average Bonchev–Trinajstić information content (AvgIpc) is 3.35. The van der Waals surface area contributed by atoms with E-state index in [2.05, 4.69) is 27.5 Å². The van der Waals surface area contributed by atoms with Crippen molar-refractivity contribution in [2.75, 3.05) is 30.0 Å². The van der Waals surface area contributed by atoms with Crippen LogP contribution in [0.25, 0.3) is 0 Å². The van der Waals surface area contributed by atoms with Crippen molar-refractivity contribution in [2.45, 2.75) is 44.2 Å². The first-order chi connectivity index (χ1) is 9.75. The summed E-state index contributed by atoms with van der Waals surface area (Å²) in [4.78, 5) is 9.07. The lowest BCUT2D eigenvalue weighted by molar-refractivity contribution is 0.466. The minimum Gasteiger partial charge on any atom is -0.370 e. The third kappa shape index (κ3) is 3.19. The van der Waals surface area contributed by atoms with Crippen molar-refractivity contribution >= 4 is 23.4 Å². The van der Waals surface area contributed by atoms with E-state index in [1.165, 1.54) is 25.7 Å². The molecule has 1 aromatic rings. The Labute approximate surface area is 125 Å². The van der Waals surface area contributed by atoms with Crippen LogP contribution in [0.3, 0.4) is 0 Å². The van der Waals surface area contributed by atoms with Crippen LogP contribution in [0.2, 0.25) is 0 Å². The van der Waals surface area contributed by atoms with E-state index in [0.717, 1.165) is 42.2 Å². The second-order valence-corrected chi connectivity index (χ2v) is 6.82. The summed E-state index contributed by atoms with van der Waals surface area (Å²) in [7, 11) is 0. The molecule has 2 fully saturated rings. The normalized spacial score (nSPS) is 19.7. The lowest BCUT2D eigenvalue weighted by Gasteiger charge is -2.16. The maximum atomic E-state index is 4.57. The molecule has 1 aromatic heterocycles. The quantitative estimate of drug-likeness (QED) is 0.566. The second kappa shape index (κ2) is 5.80. The molecule has 0 aliphatic heterocycles. The van der Waals surface area contributed by atoms with E-state index < -0.39 is 0 Å². The highest BCUT2D eigenvalue weighted by atomic mass is 32.2. The van der Waals surface area contributed by atoms with Crippen molar-refractivity contribution in [3.05, 3.63) is 6.07 Å². The Morgan fingerprint density at radius 2 is 1.95 bits per heavy atom. The molecule has 2 aliphatic rings. The number of anilines is 2. The molecule has 2 N–H and O–H groups in total. The van der Waals surface area contributed by atoms with Gasteiger partial charge in [0.15, 0.2) is 5.16 Å². The molecule has 0 spiro atoms. The highest BCUT2D eigenvalue weighted by Crippen LogP contribution is 2.61. The summed E-state index contributed by atoms with van der Waals surface area (Å²) in [6.45, 7) is 4.20. The van der Waals surface area contributed by atoms with Crippen molar-refractivity contribution in [3.63, 3.8) is 0 Å². The molecular formula is C15H24N4S. The number of nitrogens with one attached hydrogen (secondary N) is 2. The molecule has 0 aromatic carbocycles. The summed E-state index contributed by atoms with van der Waals surface area (Å²) >= 11 is 1.60. The second-order valence-electron chi connectivity index (χ2n) is 6.04. The zero-order chi connectivity index (χ0) is 14.0. The molecule has 20 heavy (non-hydrogen) atoms. The number of rotatable bonds is 8. The fourth-order valence-corrected chi connectivity index (χ4v) is 3.18. The number of hydrogen-bond acceptors (Lipinski definition) is 5. The molecule has 1 heterocycles. The first-order valence-electron chi connectivity index (χ1n) is 7.66. The van der Waals surface area contributed by atoms with Gasteiger partial charge in [-0.05, 0) is 49.7 Å². The SMILES string of the molecule is CCCNc1cc(NCC2(C3CC3)CC2)nc(SC)n1. The van der Waals surface area contributed by atoms with Gasteiger partial charge in [-0.1, -0.05) is 18.7 Å². The summed E-state index contributed by atoms with van der Waals surface area (Å²) in [6.07, 6.45) is 8.79. The van der Waals surface area contributed by atoms with Crippen molar-refractivity contribution in [1.82, 2.24) is 9.97 Å². The van der Waals surface area contributed by atoms with Gasteiger partial charge in [0, 0.05) is 19.2 Å². The Hall–Kier alpha value is -0.970. The zero-order valence-electron chi connectivity index (χ0n) is 12.4. The zero-order valence-corrected chi connectivity index (χ0v) is 13.2. The van der Waals surface area contributed by atoms with Gasteiger partial charge in [0.1, 0.15) is 11.6 Å². The molecule has 2 saturated carbocycles. The molecule has 110 valence electrons. The van der Waals surface area contributed by atoms with Gasteiger partial charge < -0.3 is 10.6 Å². The maximum Gasteiger partial charge on any atom is 0.191 e. The Balaban J connectivity index is 1.64. The Morgan fingerprint density at radius 3 is 2.50 bits per heavy atom. The van der Waals surface area contributed by atoms with Crippen LogP contribution < -0.4 is 10.6 Å². The summed E-state index contributed by atoms with van der Waals surface area (Å²) in [5.74, 6) is 2.88. The van der Waals surface area contributed by atoms with Gasteiger partial charge >= 0.3 is 0 Å². The molecule has 0 amide bonds. The van der Waals surface area contributed by atoms with Crippen molar-refractivity contribution < 1.29 is 0 Å². The molecule has 3 rings (SSSR count). The lowest BCUT2D eigenvalue weighted by atomic mass is 10.0. The number of hydrogen-bond donors (Lipinski definition) is 2. The van der Waals surface area contributed by atoms with E-state index in [-0.39, 0.29) is 0 Å². The minimum atomic E-state index is 0.599. The maximum absolute atomic E-state index is 4.57. The molecule has 2 aliphatic carbocycles. The van der Waals surface area contributed by atoms with Crippen LogP contribution in [0.5, 0.6) is 0 Å². The van der Waals surface area contributed by atoms with Gasteiger partial charge in [-0.3, -0.25) is 0 Å². The van der Waals surface area contributed by atoms with Gasteiger partial charge in [-0.2, -0.15) is 0 Å². The summed E-state index contributed by atoms with van der Waals surface area (Å²) in [6, 6.07) is 2.04. The lowest BCUT2D eigenvalue weighted by Crippen LogP contribution is -2.18. The molecule has 5 heteroatoms. The van der Waals surface area contributed by atoms with E-state index in [1.807, 2.05) is 12.3 Å². The van der Waals surface area contributed by atoms with Crippen molar-refractivity contribution in [2.24, 2.45) is 11.3 Å². The average molecular weight is 292 g/mol. The monoisotopic (exact) mass is 292 g/mol. The van der Waals surface area contributed by atoms with Crippen LogP contribution in [0.4, 0.5) is 11.6 Å². The van der Waals surface area contributed by atoms with Crippen LogP contribution in [0.1, 0.15) is 39.0 Å². The molecular weight excluding hydrogens is 268 g/mol. The Morgan fingerprint density at radius 1 is 1.25 bits per heavy atom. The largest absolute Gasteiger partial charge is 0.370 e. The fraction of sp³-hybridized carbons (Fsp3) is 0.733. The van der Waals surface area contributed by atoms with Gasteiger partial charge in [0.05, 0.1) is 0 Å². The number of thioether (sulfide) groups is 1. The topological polar surface area (TPSA) is 49.8 Å². The third-order valence-corrected chi connectivity index (χ3v) is 4.95. The summed E-state index contributed by atoms with van der Waals surface area (Å²) in [5, 5.41) is 7.75.